The van der Waals surface area contributed by atoms with Gasteiger partial charge < -0.3 is 4.74 Å². The molecule has 0 spiro atoms. The van der Waals surface area contributed by atoms with Gasteiger partial charge in [-0.2, -0.15) is 5.10 Å². The van der Waals surface area contributed by atoms with Gasteiger partial charge in [0.15, 0.2) is 0 Å². The van der Waals surface area contributed by atoms with Crippen molar-refractivity contribution < 1.29 is 4.74 Å². The van der Waals surface area contributed by atoms with Gasteiger partial charge in [-0.15, -0.1) is 0 Å². The van der Waals surface area contributed by atoms with Crippen molar-refractivity contribution in [1.29, 1.82) is 0 Å². The summed E-state index contributed by atoms with van der Waals surface area (Å²) in [6.45, 7) is 4.08. The third-order valence-electron chi connectivity index (χ3n) is 3.34. The Morgan fingerprint density at radius 1 is 1.44 bits per heavy atom. The van der Waals surface area contributed by atoms with Gasteiger partial charge in [-0.05, 0) is 37.9 Å². The van der Waals surface area contributed by atoms with Gasteiger partial charge in [-0.1, -0.05) is 0 Å². The molecular weight excluding hydrogens is 224 g/mol. The molecule has 0 radical (unpaired) electrons. The van der Waals surface area contributed by atoms with Crippen molar-refractivity contribution in [2.24, 2.45) is 5.14 Å². The van der Waals surface area contributed by atoms with E-state index in [4.69, 9.17) is 9.88 Å². The zero-order valence-electron chi connectivity index (χ0n) is 9.13. The maximum atomic E-state index is 5.77. The molecule has 1 unspecified atom stereocenters. The predicted molar refractivity (Wildman–Crippen MR) is 62.4 cm³/mol. The van der Waals surface area contributed by atoms with Crippen molar-refractivity contribution in [1.82, 2.24) is 14.7 Å². The molecule has 0 aliphatic carbocycles. The van der Waals surface area contributed by atoms with E-state index in [0.717, 1.165) is 23.9 Å². The van der Waals surface area contributed by atoms with E-state index < -0.39 is 0 Å². The number of likely N-dealkylation sites (tertiary alicyclic amines) is 1. The van der Waals surface area contributed by atoms with Crippen LogP contribution in [0.25, 0.3) is 0 Å². The Balaban J connectivity index is 1.76. The highest BCUT2D eigenvalue weighted by atomic mass is 32.2. The van der Waals surface area contributed by atoms with Crippen molar-refractivity contribution in [3.63, 3.8) is 0 Å². The molecule has 88 valence electrons. The van der Waals surface area contributed by atoms with Crippen LogP contribution in [-0.4, -0.2) is 40.4 Å². The number of aromatic nitrogens is 2. The van der Waals surface area contributed by atoms with E-state index >= 15 is 0 Å². The zero-order chi connectivity index (χ0) is 11.0. The van der Waals surface area contributed by atoms with Crippen molar-refractivity contribution in [2.75, 3.05) is 19.7 Å². The van der Waals surface area contributed by atoms with Gasteiger partial charge in [-0.25, -0.2) is 4.68 Å². The minimum Gasteiger partial charge on any atom is -0.475 e. The molecule has 2 aliphatic rings. The molecule has 6 heteroatoms. The van der Waals surface area contributed by atoms with Crippen LogP contribution >= 0.6 is 11.9 Å². The normalized spacial score (nSPS) is 25.4. The highest BCUT2D eigenvalue weighted by Gasteiger charge is 2.29. The smallest absolute Gasteiger partial charge is 0.227 e. The first-order chi connectivity index (χ1) is 7.88. The van der Waals surface area contributed by atoms with E-state index in [9.17, 15) is 0 Å². The van der Waals surface area contributed by atoms with E-state index in [1.54, 1.807) is 6.20 Å². The number of hydrogen-bond donors (Lipinski definition) is 1. The number of fused-ring (bicyclic) bond motifs is 1. The zero-order valence-corrected chi connectivity index (χ0v) is 9.95. The highest BCUT2D eigenvalue weighted by Crippen LogP contribution is 2.29. The van der Waals surface area contributed by atoms with Gasteiger partial charge in [-0.3, -0.25) is 10.0 Å². The van der Waals surface area contributed by atoms with Crippen LogP contribution in [-0.2, 0) is 6.54 Å². The SMILES string of the molecule is NSc1cnn2c1OCC(N1CCCC1)C2. The van der Waals surface area contributed by atoms with Gasteiger partial charge in [0, 0.05) is 0 Å². The van der Waals surface area contributed by atoms with E-state index in [1.807, 2.05) is 4.68 Å². The summed E-state index contributed by atoms with van der Waals surface area (Å²) >= 11 is 1.20. The highest BCUT2D eigenvalue weighted by molar-refractivity contribution is 7.97. The van der Waals surface area contributed by atoms with E-state index in [1.165, 1.54) is 37.9 Å². The van der Waals surface area contributed by atoms with Crippen LogP contribution in [0.3, 0.4) is 0 Å². The second kappa shape index (κ2) is 4.27. The Morgan fingerprint density at radius 2 is 2.25 bits per heavy atom. The Hall–Kier alpha value is -0.720. The summed E-state index contributed by atoms with van der Waals surface area (Å²) in [7, 11) is 0. The summed E-state index contributed by atoms with van der Waals surface area (Å²) in [5.74, 6) is 0.836. The summed E-state index contributed by atoms with van der Waals surface area (Å²) in [5, 5.41) is 9.86. The second-order valence-corrected chi connectivity index (χ2v) is 5.00. The summed E-state index contributed by atoms with van der Waals surface area (Å²) in [4.78, 5) is 3.43. The Labute approximate surface area is 99.1 Å². The van der Waals surface area contributed by atoms with Crippen LogP contribution < -0.4 is 9.88 Å². The lowest BCUT2D eigenvalue weighted by Gasteiger charge is -2.31. The predicted octanol–water partition coefficient (Wildman–Crippen LogP) is 0.706. The Kier molecular flexibility index (Phi) is 2.79. The molecule has 0 amide bonds. The molecule has 0 bridgehead atoms. The second-order valence-electron chi connectivity index (χ2n) is 4.32. The average molecular weight is 240 g/mol. The van der Waals surface area contributed by atoms with Crippen LogP contribution in [0.15, 0.2) is 11.1 Å². The molecule has 1 saturated heterocycles. The fraction of sp³-hybridized carbons (Fsp3) is 0.700. The fourth-order valence-electron chi connectivity index (χ4n) is 2.47. The third kappa shape index (κ3) is 1.70. The summed E-state index contributed by atoms with van der Waals surface area (Å²) < 4.78 is 7.70. The summed E-state index contributed by atoms with van der Waals surface area (Å²) in [5.41, 5.74) is 0. The first-order valence-electron chi connectivity index (χ1n) is 5.68. The molecule has 16 heavy (non-hydrogen) atoms. The largest absolute Gasteiger partial charge is 0.475 e. The van der Waals surface area contributed by atoms with Crippen LogP contribution in [0.2, 0.25) is 0 Å². The van der Waals surface area contributed by atoms with Crippen molar-refractivity contribution >= 4 is 11.9 Å². The van der Waals surface area contributed by atoms with Crippen LogP contribution in [0.4, 0.5) is 0 Å². The van der Waals surface area contributed by atoms with Gasteiger partial charge in [0.2, 0.25) is 5.88 Å². The van der Waals surface area contributed by atoms with Gasteiger partial charge >= 0.3 is 0 Å². The lowest BCUT2D eigenvalue weighted by Crippen LogP contribution is -2.43. The summed E-state index contributed by atoms with van der Waals surface area (Å²) in [6.07, 6.45) is 4.41. The van der Waals surface area contributed by atoms with Gasteiger partial charge in [0.1, 0.15) is 11.5 Å². The molecule has 2 aliphatic heterocycles. The Morgan fingerprint density at radius 3 is 3.00 bits per heavy atom. The average Bonchev–Trinajstić information content (AvgIpc) is 2.97. The standard InChI is InChI=1S/C10H16N4OS/c11-16-9-5-12-14-6-8(7-15-10(9)14)13-3-1-2-4-13/h5,8H,1-4,6-7,11H2. The molecule has 5 nitrogen and oxygen atoms in total. The molecule has 1 aromatic heterocycles. The van der Waals surface area contributed by atoms with Crippen molar-refractivity contribution in [3.05, 3.63) is 6.20 Å². The fourth-order valence-corrected chi connectivity index (χ4v) is 2.84. The molecule has 2 N–H and O–H groups in total. The number of rotatable bonds is 2. The molecule has 3 heterocycles. The van der Waals surface area contributed by atoms with Gasteiger partial charge in [0.25, 0.3) is 0 Å². The van der Waals surface area contributed by atoms with E-state index in [2.05, 4.69) is 10.00 Å². The summed E-state index contributed by atoms with van der Waals surface area (Å²) in [6, 6.07) is 0.477. The topological polar surface area (TPSA) is 56.3 Å². The number of nitrogens with zero attached hydrogens (tertiary/aromatic N) is 3. The number of nitrogens with two attached hydrogens (primary N) is 1. The molecule has 1 fully saturated rings. The van der Waals surface area contributed by atoms with Crippen LogP contribution in [0, 0.1) is 0 Å². The number of ether oxygens (including phenoxy) is 1. The molecule has 1 atom stereocenters. The Bertz CT molecular complexity index is 375. The van der Waals surface area contributed by atoms with Crippen molar-refractivity contribution in [3.8, 4) is 5.88 Å². The lowest BCUT2D eigenvalue weighted by atomic mass is 10.2. The lowest BCUT2D eigenvalue weighted by molar-refractivity contribution is 0.0995. The molecule has 0 aromatic carbocycles. The van der Waals surface area contributed by atoms with E-state index in [0.29, 0.717) is 6.04 Å². The minimum absolute atomic E-state index is 0.477. The quantitative estimate of drug-likeness (QED) is 0.771. The minimum atomic E-state index is 0.477. The van der Waals surface area contributed by atoms with Gasteiger partial charge in [0.05, 0.1) is 18.8 Å². The van der Waals surface area contributed by atoms with Crippen molar-refractivity contribution in [2.45, 2.75) is 30.3 Å². The van der Waals surface area contributed by atoms with Crippen LogP contribution in [0.1, 0.15) is 12.8 Å². The first kappa shape index (κ1) is 10.4. The molecule has 1 aromatic rings. The molecular formula is C10H16N4OS. The number of hydrogen-bond acceptors (Lipinski definition) is 5. The maximum absolute atomic E-state index is 5.77. The maximum Gasteiger partial charge on any atom is 0.227 e. The van der Waals surface area contributed by atoms with E-state index in [-0.39, 0.29) is 0 Å². The van der Waals surface area contributed by atoms with Crippen LogP contribution in [0.5, 0.6) is 5.88 Å². The molecule has 3 rings (SSSR count). The third-order valence-corrected chi connectivity index (χ3v) is 3.87. The molecule has 0 saturated carbocycles. The monoisotopic (exact) mass is 240 g/mol. The first-order valence-corrected chi connectivity index (χ1v) is 6.56.